The molecule has 1 rings (SSSR count). The summed E-state index contributed by atoms with van der Waals surface area (Å²) < 4.78 is 0. The van der Waals surface area contributed by atoms with E-state index in [4.69, 9.17) is 10.8 Å². The van der Waals surface area contributed by atoms with Crippen LogP contribution in [-0.4, -0.2) is 16.6 Å². The first kappa shape index (κ1) is 14.5. The molecule has 3 N–H and O–H groups in total. The van der Waals surface area contributed by atoms with Crippen LogP contribution >= 0.6 is 0 Å². The van der Waals surface area contributed by atoms with Crippen LogP contribution in [0.25, 0.3) is 0 Å². The number of nitrogens with two attached hydrogens (primary N) is 1. The third-order valence-corrected chi connectivity index (χ3v) is 4.05. The molecule has 0 aromatic heterocycles. The number of hydrogen-bond acceptors (Lipinski definition) is 2. The van der Waals surface area contributed by atoms with Gasteiger partial charge in [0.2, 0.25) is 0 Å². The smallest absolute Gasteiger partial charge is 0.323 e. The molecular weight excluding hydrogens is 214 g/mol. The van der Waals surface area contributed by atoms with Crippen LogP contribution in [0, 0.1) is 11.8 Å². The van der Waals surface area contributed by atoms with Gasteiger partial charge in [0.15, 0.2) is 0 Å². The van der Waals surface area contributed by atoms with Crippen LogP contribution in [0.3, 0.4) is 0 Å². The molecule has 1 aliphatic rings. The average molecular weight is 241 g/mol. The maximum Gasteiger partial charge on any atom is 0.323 e. The molecule has 0 aromatic carbocycles. The van der Waals surface area contributed by atoms with Crippen molar-refractivity contribution < 1.29 is 9.90 Å². The third kappa shape index (κ3) is 5.07. The fourth-order valence-electron chi connectivity index (χ4n) is 2.91. The van der Waals surface area contributed by atoms with Crippen molar-refractivity contribution in [2.24, 2.45) is 17.6 Å². The Morgan fingerprint density at radius 1 is 1.41 bits per heavy atom. The van der Waals surface area contributed by atoms with Crippen LogP contribution in [0.1, 0.15) is 65.2 Å². The lowest BCUT2D eigenvalue weighted by molar-refractivity contribution is -0.143. The van der Waals surface area contributed by atoms with Gasteiger partial charge in [-0.25, -0.2) is 0 Å². The van der Waals surface area contributed by atoms with E-state index >= 15 is 0 Å². The quantitative estimate of drug-likeness (QED) is 0.750. The molecule has 0 amide bonds. The number of aliphatic carboxylic acids is 1. The normalized spacial score (nSPS) is 23.0. The number of carboxylic acids is 1. The fraction of sp³-hybridized carbons (Fsp3) is 0.929. The molecule has 17 heavy (non-hydrogen) atoms. The van der Waals surface area contributed by atoms with Crippen LogP contribution in [0.15, 0.2) is 0 Å². The van der Waals surface area contributed by atoms with Gasteiger partial charge >= 0.3 is 5.97 Å². The Hall–Kier alpha value is -0.570. The van der Waals surface area contributed by atoms with E-state index in [1.807, 2.05) is 0 Å². The highest BCUT2D eigenvalue weighted by molar-refractivity contribution is 5.77. The fourth-order valence-corrected chi connectivity index (χ4v) is 2.91. The molecule has 0 aliphatic heterocycles. The second-order valence-electron chi connectivity index (χ2n) is 6.11. The van der Waals surface area contributed by atoms with Gasteiger partial charge in [-0.15, -0.1) is 0 Å². The summed E-state index contributed by atoms with van der Waals surface area (Å²) in [5.74, 6) is 0.394. The van der Waals surface area contributed by atoms with Gasteiger partial charge in [-0.3, -0.25) is 4.79 Å². The van der Waals surface area contributed by atoms with Crippen molar-refractivity contribution >= 4 is 5.97 Å². The summed E-state index contributed by atoms with van der Waals surface area (Å²) in [7, 11) is 0. The predicted octanol–water partition coefficient (Wildman–Crippen LogP) is 3.18. The van der Waals surface area contributed by atoms with Crippen molar-refractivity contribution in [2.45, 2.75) is 70.8 Å². The van der Waals surface area contributed by atoms with Gasteiger partial charge in [0.25, 0.3) is 0 Å². The van der Waals surface area contributed by atoms with Crippen molar-refractivity contribution in [1.29, 1.82) is 0 Å². The van der Waals surface area contributed by atoms with E-state index in [0.29, 0.717) is 12.3 Å². The van der Waals surface area contributed by atoms with Gasteiger partial charge in [0.05, 0.1) is 0 Å². The SMILES string of the molecule is CC(CCC1CCCCC1)CC(C)(N)C(=O)O. The zero-order valence-electron chi connectivity index (χ0n) is 11.2. The van der Waals surface area contributed by atoms with Gasteiger partial charge in [-0.05, 0) is 25.2 Å². The molecular formula is C14H27NO2. The van der Waals surface area contributed by atoms with Crippen molar-refractivity contribution in [2.75, 3.05) is 0 Å². The first-order valence-electron chi connectivity index (χ1n) is 6.94. The van der Waals surface area contributed by atoms with Gasteiger partial charge < -0.3 is 10.8 Å². The highest BCUT2D eigenvalue weighted by atomic mass is 16.4. The van der Waals surface area contributed by atoms with E-state index in [9.17, 15) is 4.79 Å². The van der Waals surface area contributed by atoms with Crippen LogP contribution < -0.4 is 5.73 Å². The van der Waals surface area contributed by atoms with Gasteiger partial charge in [0, 0.05) is 0 Å². The van der Waals surface area contributed by atoms with E-state index in [1.54, 1.807) is 6.92 Å². The lowest BCUT2D eigenvalue weighted by Gasteiger charge is -2.26. The summed E-state index contributed by atoms with van der Waals surface area (Å²) in [6.45, 7) is 3.74. The average Bonchev–Trinajstić information content (AvgIpc) is 2.27. The molecule has 2 unspecified atom stereocenters. The maximum absolute atomic E-state index is 10.9. The molecule has 3 nitrogen and oxygen atoms in total. The molecule has 3 heteroatoms. The summed E-state index contributed by atoms with van der Waals surface area (Å²) in [5, 5.41) is 8.98. The molecule has 0 bridgehead atoms. The number of carboxylic acid groups (broad SMARTS) is 1. The van der Waals surface area contributed by atoms with Crippen molar-refractivity contribution in [3.63, 3.8) is 0 Å². The first-order chi connectivity index (χ1) is 7.92. The lowest BCUT2D eigenvalue weighted by Crippen LogP contribution is -2.46. The molecule has 100 valence electrons. The standard InChI is InChI=1S/C14H27NO2/c1-11(10-14(2,15)13(16)17)8-9-12-6-4-3-5-7-12/h11-12H,3-10,15H2,1-2H3,(H,16,17). The Kier molecular flexibility index (Phi) is 5.44. The Morgan fingerprint density at radius 3 is 2.53 bits per heavy atom. The number of carbonyl (C=O) groups is 1. The maximum atomic E-state index is 10.9. The van der Waals surface area contributed by atoms with Crippen molar-refractivity contribution in [1.82, 2.24) is 0 Å². The summed E-state index contributed by atoms with van der Waals surface area (Å²) in [5.41, 5.74) is 4.71. The number of rotatable bonds is 6. The van der Waals surface area contributed by atoms with Gasteiger partial charge in [-0.2, -0.15) is 0 Å². The van der Waals surface area contributed by atoms with E-state index in [-0.39, 0.29) is 0 Å². The van der Waals surface area contributed by atoms with Crippen LogP contribution in [0.5, 0.6) is 0 Å². The predicted molar refractivity (Wildman–Crippen MR) is 69.8 cm³/mol. The van der Waals surface area contributed by atoms with Crippen LogP contribution in [0.4, 0.5) is 0 Å². The molecule has 0 heterocycles. The van der Waals surface area contributed by atoms with Crippen molar-refractivity contribution in [3.8, 4) is 0 Å². The minimum absolute atomic E-state index is 0.406. The summed E-state index contributed by atoms with van der Waals surface area (Å²) >= 11 is 0. The second kappa shape index (κ2) is 6.39. The Labute approximate surface area is 105 Å². The molecule has 0 radical (unpaired) electrons. The minimum atomic E-state index is -1.06. The molecule has 1 saturated carbocycles. The first-order valence-corrected chi connectivity index (χ1v) is 6.94. The second-order valence-corrected chi connectivity index (χ2v) is 6.11. The largest absolute Gasteiger partial charge is 0.480 e. The zero-order chi connectivity index (χ0) is 12.9. The molecule has 2 atom stereocenters. The molecule has 0 saturated heterocycles. The zero-order valence-corrected chi connectivity index (χ0v) is 11.2. The van der Waals surface area contributed by atoms with Gasteiger partial charge in [-0.1, -0.05) is 51.9 Å². The van der Waals surface area contributed by atoms with E-state index < -0.39 is 11.5 Å². The Balaban J connectivity index is 2.24. The van der Waals surface area contributed by atoms with E-state index in [0.717, 1.165) is 12.3 Å². The summed E-state index contributed by atoms with van der Waals surface area (Å²) in [6.07, 6.45) is 9.82. The highest BCUT2D eigenvalue weighted by Crippen LogP contribution is 2.30. The monoisotopic (exact) mass is 241 g/mol. The number of hydrogen-bond donors (Lipinski definition) is 2. The van der Waals surface area contributed by atoms with E-state index in [1.165, 1.54) is 38.5 Å². The van der Waals surface area contributed by atoms with E-state index in [2.05, 4.69) is 6.92 Å². The molecule has 1 aliphatic carbocycles. The van der Waals surface area contributed by atoms with Crippen molar-refractivity contribution in [3.05, 3.63) is 0 Å². The van der Waals surface area contributed by atoms with Gasteiger partial charge in [0.1, 0.15) is 5.54 Å². The molecule has 1 fully saturated rings. The molecule has 0 aromatic rings. The molecule has 0 spiro atoms. The highest BCUT2D eigenvalue weighted by Gasteiger charge is 2.29. The lowest BCUT2D eigenvalue weighted by atomic mass is 9.82. The topological polar surface area (TPSA) is 63.3 Å². The minimum Gasteiger partial charge on any atom is -0.480 e. The van der Waals surface area contributed by atoms with Crippen LogP contribution in [-0.2, 0) is 4.79 Å². The third-order valence-electron chi connectivity index (χ3n) is 4.05. The Bertz CT molecular complexity index is 245. The summed E-state index contributed by atoms with van der Waals surface area (Å²) in [4.78, 5) is 10.9. The summed E-state index contributed by atoms with van der Waals surface area (Å²) in [6, 6.07) is 0. The Morgan fingerprint density at radius 2 is 2.00 bits per heavy atom. The van der Waals surface area contributed by atoms with Crippen LogP contribution in [0.2, 0.25) is 0 Å².